The number of nitrogens with one attached hydrogen (secondary N) is 1. The van der Waals surface area contributed by atoms with Crippen LogP contribution in [0.4, 0.5) is 5.69 Å². The summed E-state index contributed by atoms with van der Waals surface area (Å²) >= 11 is 0. The molecule has 0 heterocycles. The van der Waals surface area contributed by atoms with E-state index in [2.05, 4.69) is 5.32 Å². The monoisotopic (exact) mass is 625 g/mol. The molecule has 0 saturated carbocycles. The van der Waals surface area contributed by atoms with Crippen molar-refractivity contribution in [2.45, 2.75) is 64.9 Å². The predicted molar refractivity (Wildman–Crippen MR) is 181 cm³/mol. The molecule has 0 aliphatic carbocycles. The van der Waals surface area contributed by atoms with Gasteiger partial charge in [0.1, 0.15) is 12.6 Å². The van der Waals surface area contributed by atoms with Crippen LogP contribution < -0.4 is 9.62 Å². The lowest BCUT2D eigenvalue weighted by Gasteiger charge is -2.34. The fourth-order valence-electron chi connectivity index (χ4n) is 5.06. The maximum absolute atomic E-state index is 14.5. The van der Waals surface area contributed by atoms with Crippen LogP contribution in [0.25, 0.3) is 0 Å². The normalized spacial score (nSPS) is 11.9. The average molecular weight is 626 g/mol. The van der Waals surface area contributed by atoms with E-state index in [1.165, 1.54) is 4.90 Å². The first-order valence-electron chi connectivity index (χ1n) is 15.3. The zero-order valence-electron chi connectivity index (χ0n) is 26.8. The largest absolute Gasteiger partial charge is 0.354 e. The fourth-order valence-corrected chi connectivity index (χ4v) is 6.46. The summed E-state index contributed by atoms with van der Waals surface area (Å²) in [6.45, 7) is 9.84. The molecule has 2 amide bonds. The lowest BCUT2D eigenvalue weighted by Crippen LogP contribution is -2.53. The standard InChI is InChI=1S/C37H43N3O4S/c1-6-22-38-37(42)35(24-31-10-8-7-9-11-31)39(25-32-17-12-27(2)13-18-32)36(41)26-40(33-19-16-29(4)30(5)23-33)45(43,44)34-20-14-28(3)15-21-34/h7-21,23,35H,6,22,24-26H2,1-5H3,(H,38,42)/t35-/m1/s1. The molecule has 0 unspecified atom stereocenters. The van der Waals surface area contributed by atoms with Crippen molar-refractivity contribution in [1.82, 2.24) is 10.2 Å². The Hall–Kier alpha value is -4.43. The van der Waals surface area contributed by atoms with E-state index in [1.807, 2.05) is 95.3 Å². The number of hydrogen-bond donors (Lipinski definition) is 1. The van der Waals surface area contributed by atoms with Crippen molar-refractivity contribution in [3.8, 4) is 0 Å². The van der Waals surface area contributed by atoms with Crippen LogP contribution in [0.3, 0.4) is 0 Å². The van der Waals surface area contributed by atoms with Crippen LogP contribution in [0, 0.1) is 27.7 Å². The summed E-state index contributed by atoms with van der Waals surface area (Å²) in [6.07, 6.45) is 1.02. The Morgan fingerprint density at radius 3 is 1.98 bits per heavy atom. The van der Waals surface area contributed by atoms with Crippen LogP contribution in [0.2, 0.25) is 0 Å². The van der Waals surface area contributed by atoms with E-state index < -0.39 is 28.5 Å². The summed E-state index contributed by atoms with van der Waals surface area (Å²) in [5.41, 5.74) is 6.04. The zero-order chi connectivity index (χ0) is 32.6. The van der Waals surface area contributed by atoms with Crippen molar-refractivity contribution < 1.29 is 18.0 Å². The fraction of sp³-hybridized carbons (Fsp3) is 0.297. The highest BCUT2D eigenvalue weighted by molar-refractivity contribution is 7.92. The Balaban J connectivity index is 1.81. The van der Waals surface area contributed by atoms with E-state index in [0.717, 1.165) is 44.1 Å². The summed E-state index contributed by atoms with van der Waals surface area (Å²) in [5, 5.41) is 2.98. The van der Waals surface area contributed by atoms with Crippen LogP contribution in [0.1, 0.15) is 46.7 Å². The molecule has 0 fully saturated rings. The number of hydrogen-bond acceptors (Lipinski definition) is 4. The van der Waals surface area contributed by atoms with E-state index in [1.54, 1.807) is 36.4 Å². The molecule has 0 aliphatic heterocycles. The highest BCUT2D eigenvalue weighted by Crippen LogP contribution is 2.27. The second-order valence-corrected chi connectivity index (χ2v) is 13.5. The molecule has 1 N–H and O–H groups in total. The molecule has 4 aromatic rings. The molecule has 4 rings (SSSR count). The van der Waals surface area contributed by atoms with E-state index >= 15 is 0 Å². The third-order valence-corrected chi connectivity index (χ3v) is 9.75. The van der Waals surface area contributed by atoms with Crippen molar-refractivity contribution in [2.24, 2.45) is 0 Å². The second-order valence-electron chi connectivity index (χ2n) is 11.6. The first kappa shape index (κ1) is 33.5. The van der Waals surface area contributed by atoms with Crippen molar-refractivity contribution in [2.75, 3.05) is 17.4 Å². The van der Waals surface area contributed by atoms with Gasteiger partial charge in [0, 0.05) is 19.5 Å². The molecule has 0 bridgehead atoms. The smallest absolute Gasteiger partial charge is 0.264 e. The van der Waals surface area contributed by atoms with E-state index in [4.69, 9.17) is 0 Å². The molecule has 0 aliphatic rings. The molecule has 0 saturated heterocycles. The van der Waals surface area contributed by atoms with Gasteiger partial charge in [-0.25, -0.2) is 8.42 Å². The van der Waals surface area contributed by atoms with Crippen LogP contribution in [-0.4, -0.2) is 44.3 Å². The number of carbonyl (C=O) groups excluding carboxylic acids is 2. The SMILES string of the molecule is CCCNC(=O)[C@@H](Cc1ccccc1)N(Cc1ccc(C)cc1)C(=O)CN(c1ccc(C)c(C)c1)S(=O)(=O)c1ccc(C)cc1. The lowest BCUT2D eigenvalue weighted by molar-refractivity contribution is -0.140. The number of carbonyl (C=O) groups is 2. The molecule has 4 aromatic carbocycles. The van der Waals surface area contributed by atoms with Crippen molar-refractivity contribution in [3.05, 3.63) is 130 Å². The maximum Gasteiger partial charge on any atom is 0.264 e. The van der Waals surface area contributed by atoms with Crippen LogP contribution in [-0.2, 0) is 32.6 Å². The van der Waals surface area contributed by atoms with Gasteiger partial charge in [-0.2, -0.15) is 0 Å². The first-order chi connectivity index (χ1) is 21.5. The molecule has 236 valence electrons. The van der Waals surface area contributed by atoms with Gasteiger partial charge < -0.3 is 10.2 Å². The van der Waals surface area contributed by atoms with Crippen molar-refractivity contribution in [3.63, 3.8) is 0 Å². The number of benzene rings is 4. The third kappa shape index (κ3) is 8.60. The van der Waals surface area contributed by atoms with Crippen LogP contribution in [0.15, 0.2) is 102 Å². The Bertz CT molecular complexity index is 1700. The molecule has 45 heavy (non-hydrogen) atoms. The third-order valence-electron chi connectivity index (χ3n) is 7.96. The summed E-state index contributed by atoms with van der Waals surface area (Å²) in [5.74, 6) is -0.752. The van der Waals surface area contributed by atoms with Crippen LogP contribution in [0.5, 0.6) is 0 Å². The van der Waals surface area contributed by atoms with Gasteiger partial charge in [-0.3, -0.25) is 13.9 Å². The van der Waals surface area contributed by atoms with Gasteiger partial charge in [0.15, 0.2) is 0 Å². The van der Waals surface area contributed by atoms with Crippen molar-refractivity contribution in [1.29, 1.82) is 0 Å². The lowest BCUT2D eigenvalue weighted by atomic mass is 10.0. The van der Waals surface area contributed by atoms with Crippen molar-refractivity contribution >= 4 is 27.5 Å². The summed E-state index contributed by atoms with van der Waals surface area (Å²) in [7, 11) is -4.14. The second kappa shape index (κ2) is 15.0. The van der Waals surface area contributed by atoms with Gasteiger partial charge in [0.25, 0.3) is 10.0 Å². The minimum Gasteiger partial charge on any atom is -0.354 e. The summed E-state index contributed by atoms with van der Waals surface area (Å²) in [6, 6.07) is 28.5. The molecule has 0 spiro atoms. The zero-order valence-corrected chi connectivity index (χ0v) is 27.6. The number of sulfonamides is 1. The van der Waals surface area contributed by atoms with Gasteiger partial charge in [-0.05, 0) is 80.6 Å². The van der Waals surface area contributed by atoms with E-state index in [9.17, 15) is 18.0 Å². The summed E-state index contributed by atoms with van der Waals surface area (Å²) < 4.78 is 29.6. The quantitative estimate of drug-likeness (QED) is 0.190. The molecule has 0 radical (unpaired) electrons. The Morgan fingerprint density at radius 2 is 1.38 bits per heavy atom. The number of nitrogens with zero attached hydrogens (tertiary/aromatic N) is 2. The Morgan fingerprint density at radius 1 is 0.756 bits per heavy atom. The number of aryl methyl sites for hydroxylation is 4. The Labute approximate surface area is 268 Å². The maximum atomic E-state index is 14.5. The highest BCUT2D eigenvalue weighted by atomic mass is 32.2. The molecule has 1 atom stereocenters. The van der Waals surface area contributed by atoms with Gasteiger partial charge in [0.2, 0.25) is 11.8 Å². The van der Waals surface area contributed by atoms with E-state index in [0.29, 0.717) is 12.2 Å². The molecule has 0 aromatic heterocycles. The topological polar surface area (TPSA) is 86.8 Å². The molecular formula is C37H43N3O4S. The summed E-state index contributed by atoms with van der Waals surface area (Å²) in [4.78, 5) is 29.9. The average Bonchev–Trinajstić information content (AvgIpc) is 3.03. The number of rotatable bonds is 13. The number of anilines is 1. The minimum atomic E-state index is -4.14. The first-order valence-corrected chi connectivity index (χ1v) is 16.8. The molecule has 8 heteroatoms. The minimum absolute atomic E-state index is 0.0886. The number of amides is 2. The highest BCUT2D eigenvalue weighted by Gasteiger charge is 2.34. The van der Waals surface area contributed by atoms with Gasteiger partial charge in [-0.15, -0.1) is 0 Å². The molecule has 7 nitrogen and oxygen atoms in total. The van der Waals surface area contributed by atoms with Gasteiger partial charge in [-0.1, -0.05) is 90.8 Å². The van der Waals surface area contributed by atoms with E-state index in [-0.39, 0.29) is 23.8 Å². The van der Waals surface area contributed by atoms with Gasteiger partial charge >= 0.3 is 0 Å². The Kier molecular flexibility index (Phi) is 11.2. The predicted octanol–water partition coefficient (Wildman–Crippen LogP) is 6.28. The van der Waals surface area contributed by atoms with Crippen LogP contribution >= 0.6 is 0 Å². The molecular weight excluding hydrogens is 582 g/mol. The van der Waals surface area contributed by atoms with Gasteiger partial charge in [0.05, 0.1) is 10.6 Å².